The van der Waals surface area contributed by atoms with Gasteiger partial charge in [-0.05, 0) is 48.9 Å². The summed E-state index contributed by atoms with van der Waals surface area (Å²) in [6.45, 7) is 2.41. The Bertz CT molecular complexity index is 1160. The number of anilines is 1. The number of alkyl halides is 3. The molecule has 0 radical (unpaired) electrons. The van der Waals surface area contributed by atoms with Crippen molar-refractivity contribution < 1.29 is 21.6 Å². The molecular formula is C20H20F3N3O2S. The van der Waals surface area contributed by atoms with Crippen LogP contribution in [0, 0.1) is 0 Å². The van der Waals surface area contributed by atoms with Crippen LogP contribution in [0.4, 0.5) is 18.9 Å². The third-order valence-electron chi connectivity index (χ3n) is 4.51. The SMILES string of the molecule is CCn1c(/C=C/c2ccc(N(C)C)cc2)nc2cc(S(=O)(=O)C(F)(F)F)ccc21. The molecule has 9 heteroatoms. The number of imidazole rings is 1. The van der Waals surface area contributed by atoms with Crippen molar-refractivity contribution >= 4 is 38.7 Å². The van der Waals surface area contributed by atoms with Gasteiger partial charge in [-0.25, -0.2) is 13.4 Å². The Morgan fingerprint density at radius 2 is 1.72 bits per heavy atom. The Morgan fingerprint density at radius 1 is 1.07 bits per heavy atom. The predicted octanol–water partition coefficient (Wildman–Crippen LogP) is 4.59. The fraction of sp³-hybridized carbons (Fsp3) is 0.250. The summed E-state index contributed by atoms with van der Waals surface area (Å²) in [6.07, 6.45) is 3.60. The van der Waals surface area contributed by atoms with Gasteiger partial charge >= 0.3 is 5.51 Å². The second kappa shape index (κ2) is 7.55. The van der Waals surface area contributed by atoms with Crippen LogP contribution in [0.2, 0.25) is 0 Å². The summed E-state index contributed by atoms with van der Waals surface area (Å²) in [6, 6.07) is 11.1. The predicted molar refractivity (Wildman–Crippen MR) is 108 cm³/mol. The summed E-state index contributed by atoms with van der Waals surface area (Å²) in [4.78, 5) is 5.51. The fourth-order valence-corrected chi connectivity index (χ4v) is 3.72. The average molecular weight is 423 g/mol. The zero-order chi connectivity index (χ0) is 21.4. The molecule has 0 spiro atoms. The average Bonchev–Trinajstić information content (AvgIpc) is 3.02. The molecule has 5 nitrogen and oxygen atoms in total. The lowest BCUT2D eigenvalue weighted by molar-refractivity contribution is -0.0435. The molecule has 3 rings (SSSR count). The number of fused-ring (bicyclic) bond motifs is 1. The highest BCUT2D eigenvalue weighted by atomic mass is 32.2. The van der Waals surface area contributed by atoms with Crippen molar-refractivity contribution in [2.24, 2.45) is 0 Å². The zero-order valence-electron chi connectivity index (χ0n) is 16.1. The first-order valence-electron chi connectivity index (χ1n) is 8.81. The topological polar surface area (TPSA) is 55.2 Å². The maximum absolute atomic E-state index is 12.8. The molecule has 2 aromatic carbocycles. The van der Waals surface area contributed by atoms with Gasteiger partial charge in [0.15, 0.2) is 0 Å². The van der Waals surface area contributed by atoms with Crippen molar-refractivity contribution in [3.63, 3.8) is 0 Å². The van der Waals surface area contributed by atoms with Crippen LogP contribution in [0.25, 0.3) is 23.2 Å². The van der Waals surface area contributed by atoms with Gasteiger partial charge in [-0.2, -0.15) is 13.2 Å². The van der Waals surface area contributed by atoms with Gasteiger partial charge in [0, 0.05) is 26.3 Å². The van der Waals surface area contributed by atoms with Crippen LogP contribution in [-0.4, -0.2) is 37.6 Å². The molecule has 0 aliphatic carbocycles. The second-order valence-corrected chi connectivity index (χ2v) is 8.57. The molecule has 0 atom stereocenters. The van der Waals surface area contributed by atoms with Gasteiger partial charge in [0.2, 0.25) is 0 Å². The van der Waals surface area contributed by atoms with Crippen molar-refractivity contribution in [3.8, 4) is 0 Å². The van der Waals surface area contributed by atoms with Crippen LogP contribution in [0.5, 0.6) is 0 Å². The Labute approximate surface area is 167 Å². The van der Waals surface area contributed by atoms with Crippen molar-refractivity contribution in [2.75, 3.05) is 19.0 Å². The standard InChI is InChI=1S/C20H20F3N3O2S/c1-4-26-18-11-10-16(29(27,28)20(21,22)23)13-17(18)24-19(26)12-7-14-5-8-15(9-6-14)25(2)3/h5-13H,4H2,1-3H3/b12-7+. The van der Waals surface area contributed by atoms with Crippen LogP contribution < -0.4 is 4.90 Å². The summed E-state index contributed by atoms with van der Waals surface area (Å²) < 4.78 is 63.6. The minimum atomic E-state index is -5.42. The summed E-state index contributed by atoms with van der Waals surface area (Å²) in [5, 5.41) is 0. The largest absolute Gasteiger partial charge is 0.501 e. The van der Waals surface area contributed by atoms with Gasteiger partial charge < -0.3 is 9.47 Å². The maximum atomic E-state index is 12.8. The molecule has 0 saturated heterocycles. The van der Waals surface area contributed by atoms with E-state index in [0.717, 1.165) is 23.4 Å². The summed E-state index contributed by atoms with van der Waals surface area (Å²) in [5.74, 6) is 0.528. The number of benzene rings is 2. The van der Waals surface area contributed by atoms with E-state index >= 15 is 0 Å². The van der Waals surface area contributed by atoms with E-state index in [1.54, 1.807) is 6.08 Å². The van der Waals surface area contributed by atoms with Crippen LogP contribution in [0.1, 0.15) is 18.3 Å². The molecule has 0 bridgehead atoms. The van der Waals surface area contributed by atoms with Gasteiger partial charge in [0.1, 0.15) is 5.82 Å². The highest BCUT2D eigenvalue weighted by molar-refractivity contribution is 7.92. The zero-order valence-corrected chi connectivity index (χ0v) is 16.9. The number of aryl methyl sites for hydroxylation is 1. The van der Waals surface area contributed by atoms with E-state index in [4.69, 9.17) is 0 Å². The van der Waals surface area contributed by atoms with E-state index in [-0.39, 0.29) is 5.52 Å². The Balaban J connectivity index is 2.00. The molecule has 29 heavy (non-hydrogen) atoms. The van der Waals surface area contributed by atoms with E-state index in [2.05, 4.69) is 4.98 Å². The fourth-order valence-electron chi connectivity index (χ4n) is 2.94. The van der Waals surface area contributed by atoms with Crippen molar-refractivity contribution in [1.82, 2.24) is 9.55 Å². The van der Waals surface area contributed by atoms with Gasteiger partial charge in [-0.1, -0.05) is 18.2 Å². The number of hydrogen-bond donors (Lipinski definition) is 0. The number of aromatic nitrogens is 2. The van der Waals surface area contributed by atoms with Crippen molar-refractivity contribution in [1.29, 1.82) is 0 Å². The van der Waals surface area contributed by atoms with Crippen LogP contribution in [0.3, 0.4) is 0 Å². The molecule has 0 fully saturated rings. The van der Waals surface area contributed by atoms with Crippen LogP contribution in [-0.2, 0) is 16.4 Å². The second-order valence-electron chi connectivity index (χ2n) is 6.63. The van der Waals surface area contributed by atoms with Crippen LogP contribution >= 0.6 is 0 Å². The first kappa shape index (κ1) is 20.9. The normalized spacial score (nSPS) is 12.8. The summed E-state index contributed by atoms with van der Waals surface area (Å²) >= 11 is 0. The molecule has 0 N–H and O–H groups in total. The Morgan fingerprint density at radius 3 is 2.28 bits per heavy atom. The van der Waals surface area contributed by atoms with E-state index in [9.17, 15) is 21.6 Å². The molecule has 0 amide bonds. The van der Waals surface area contributed by atoms with Crippen molar-refractivity contribution in [2.45, 2.75) is 23.9 Å². The molecule has 1 heterocycles. The number of nitrogens with zero attached hydrogens (tertiary/aromatic N) is 3. The quantitative estimate of drug-likeness (QED) is 0.603. The van der Waals surface area contributed by atoms with Gasteiger partial charge in [-0.15, -0.1) is 0 Å². The molecule has 154 valence electrons. The first-order valence-corrected chi connectivity index (χ1v) is 10.3. The third-order valence-corrected chi connectivity index (χ3v) is 6.00. The van der Waals surface area contributed by atoms with E-state index in [0.29, 0.717) is 17.9 Å². The van der Waals surface area contributed by atoms with Crippen LogP contribution in [0.15, 0.2) is 47.4 Å². The summed E-state index contributed by atoms with van der Waals surface area (Å²) in [7, 11) is -1.52. The lowest BCUT2D eigenvalue weighted by Crippen LogP contribution is -2.23. The maximum Gasteiger partial charge on any atom is 0.501 e. The number of halogens is 3. The Kier molecular flexibility index (Phi) is 5.44. The molecule has 1 aromatic heterocycles. The molecule has 0 saturated carbocycles. The smallest absolute Gasteiger partial charge is 0.378 e. The van der Waals surface area contributed by atoms with E-state index in [1.807, 2.05) is 60.8 Å². The minimum absolute atomic E-state index is 0.194. The summed E-state index contributed by atoms with van der Waals surface area (Å²) in [5.41, 5.74) is -2.60. The Hall–Kier alpha value is -2.81. The highest BCUT2D eigenvalue weighted by Crippen LogP contribution is 2.32. The van der Waals surface area contributed by atoms with Gasteiger partial charge in [0.25, 0.3) is 9.84 Å². The lowest BCUT2D eigenvalue weighted by Gasteiger charge is -2.11. The molecule has 0 unspecified atom stereocenters. The molecule has 3 aromatic rings. The number of sulfone groups is 1. The third kappa shape index (κ3) is 4.00. The number of rotatable bonds is 5. The molecule has 0 aliphatic rings. The molecular weight excluding hydrogens is 403 g/mol. The van der Waals surface area contributed by atoms with Crippen molar-refractivity contribution in [3.05, 3.63) is 53.9 Å². The van der Waals surface area contributed by atoms with E-state index in [1.165, 1.54) is 6.07 Å². The highest BCUT2D eigenvalue weighted by Gasteiger charge is 2.47. The van der Waals surface area contributed by atoms with Gasteiger partial charge in [0.05, 0.1) is 15.9 Å². The van der Waals surface area contributed by atoms with E-state index < -0.39 is 20.2 Å². The number of hydrogen-bond acceptors (Lipinski definition) is 4. The lowest BCUT2D eigenvalue weighted by atomic mass is 10.2. The first-order chi connectivity index (χ1) is 13.5. The van der Waals surface area contributed by atoms with Gasteiger partial charge in [-0.3, -0.25) is 0 Å². The monoisotopic (exact) mass is 423 g/mol. The minimum Gasteiger partial charge on any atom is -0.378 e. The molecule has 0 aliphatic heterocycles.